The van der Waals surface area contributed by atoms with Gasteiger partial charge in [-0.25, -0.2) is 0 Å². The van der Waals surface area contributed by atoms with Crippen molar-refractivity contribution in [2.24, 2.45) is 0 Å². The number of nitrogens with zero attached hydrogens (tertiary/aromatic N) is 1. The van der Waals surface area contributed by atoms with E-state index < -0.39 is 0 Å². The zero-order chi connectivity index (χ0) is 11.9. The lowest BCUT2D eigenvalue weighted by Crippen LogP contribution is -2.47. The van der Waals surface area contributed by atoms with Gasteiger partial charge in [0.15, 0.2) is 0 Å². The topological polar surface area (TPSA) is 0 Å². The summed E-state index contributed by atoms with van der Waals surface area (Å²) in [6.45, 7) is 11.6. The summed E-state index contributed by atoms with van der Waals surface area (Å²) >= 11 is 0. The molecule has 0 atom stereocenters. The Morgan fingerprint density at radius 2 is 1.50 bits per heavy atom. The van der Waals surface area contributed by atoms with Gasteiger partial charge in [0.1, 0.15) is 0 Å². The van der Waals surface area contributed by atoms with Crippen LogP contribution in [0.4, 0.5) is 0 Å². The van der Waals surface area contributed by atoms with Crippen LogP contribution in [-0.2, 0) is 0 Å². The Hall–Kier alpha value is -1.08. The van der Waals surface area contributed by atoms with Crippen LogP contribution in [0, 0.1) is 0 Å². The van der Waals surface area contributed by atoms with Crippen molar-refractivity contribution in [3.63, 3.8) is 0 Å². The van der Waals surface area contributed by atoms with Crippen LogP contribution in [-0.4, -0.2) is 30.7 Å². The van der Waals surface area contributed by atoms with Crippen LogP contribution in [0.5, 0.6) is 0 Å². The average Bonchev–Trinajstić information content (AvgIpc) is 2.37. The third-order valence-electron chi connectivity index (χ3n) is 3.62. The van der Waals surface area contributed by atoms with E-state index in [1.165, 1.54) is 29.7 Å². The molecule has 0 unspecified atom stereocenters. The van der Waals surface area contributed by atoms with Crippen molar-refractivity contribution in [1.82, 2.24) is 0 Å². The van der Waals surface area contributed by atoms with E-state index in [0.717, 1.165) is 6.54 Å². The maximum atomic E-state index is 2.31. The Balaban J connectivity index is 2.59. The lowest BCUT2D eigenvalue weighted by Gasteiger charge is -2.34. The van der Waals surface area contributed by atoms with Crippen molar-refractivity contribution < 1.29 is 4.48 Å². The standard InChI is InChI=1S/C15H24N/c1-4-16(5-2,6-3)14-10-13-15-11-8-7-9-12-15/h7-13H,4-6,14H2,1-3H3/q+1/b13-10+. The maximum absolute atomic E-state index is 2.31. The highest BCUT2D eigenvalue weighted by atomic mass is 15.3. The lowest BCUT2D eigenvalue weighted by atomic mass is 10.2. The van der Waals surface area contributed by atoms with Crippen LogP contribution < -0.4 is 0 Å². The molecule has 1 rings (SSSR count). The molecule has 1 aromatic carbocycles. The van der Waals surface area contributed by atoms with E-state index in [2.05, 4.69) is 63.3 Å². The SMILES string of the molecule is CC[N+](CC)(CC)C/C=C/c1ccccc1. The van der Waals surface area contributed by atoms with Gasteiger partial charge in [-0.1, -0.05) is 36.4 Å². The second-order valence-corrected chi connectivity index (χ2v) is 4.29. The fourth-order valence-corrected chi connectivity index (χ4v) is 2.03. The van der Waals surface area contributed by atoms with Crippen molar-refractivity contribution >= 4 is 6.08 Å². The van der Waals surface area contributed by atoms with E-state index in [1.807, 2.05) is 0 Å². The monoisotopic (exact) mass is 218 g/mol. The largest absolute Gasteiger partial charge is 0.321 e. The molecule has 0 saturated carbocycles. The minimum absolute atomic E-state index is 1.14. The highest BCUT2D eigenvalue weighted by Gasteiger charge is 2.17. The molecule has 0 spiro atoms. The molecular formula is C15H24N+. The van der Waals surface area contributed by atoms with E-state index in [-0.39, 0.29) is 0 Å². The number of quaternary nitrogens is 1. The van der Waals surface area contributed by atoms with Crippen molar-refractivity contribution in [3.8, 4) is 0 Å². The maximum Gasteiger partial charge on any atom is 0.0976 e. The lowest BCUT2D eigenvalue weighted by molar-refractivity contribution is -0.917. The van der Waals surface area contributed by atoms with E-state index in [9.17, 15) is 0 Å². The van der Waals surface area contributed by atoms with Gasteiger partial charge in [-0.3, -0.25) is 0 Å². The fraction of sp³-hybridized carbons (Fsp3) is 0.467. The van der Waals surface area contributed by atoms with Gasteiger partial charge in [-0.05, 0) is 32.4 Å². The van der Waals surface area contributed by atoms with Crippen molar-refractivity contribution in [3.05, 3.63) is 42.0 Å². The van der Waals surface area contributed by atoms with Crippen LogP contribution in [0.2, 0.25) is 0 Å². The zero-order valence-corrected chi connectivity index (χ0v) is 10.8. The first kappa shape index (κ1) is 13.0. The first-order chi connectivity index (χ1) is 7.76. The summed E-state index contributed by atoms with van der Waals surface area (Å²) in [4.78, 5) is 0. The van der Waals surface area contributed by atoms with Gasteiger partial charge in [-0.2, -0.15) is 0 Å². The molecule has 16 heavy (non-hydrogen) atoms. The Morgan fingerprint density at radius 3 is 2.00 bits per heavy atom. The molecule has 0 N–H and O–H groups in total. The first-order valence-corrected chi connectivity index (χ1v) is 6.33. The van der Waals surface area contributed by atoms with Gasteiger partial charge in [0, 0.05) is 0 Å². The summed E-state index contributed by atoms with van der Waals surface area (Å²) in [5, 5.41) is 0. The summed E-state index contributed by atoms with van der Waals surface area (Å²) in [6, 6.07) is 10.5. The van der Waals surface area contributed by atoms with Crippen molar-refractivity contribution in [1.29, 1.82) is 0 Å². The second-order valence-electron chi connectivity index (χ2n) is 4.29. The smallest absolute Gasteiger partial charge is 0.0976 e. The summed E-state index contributed by atoms with van der Waals surface area (Å²) in [5.41, 5.74) is 1.30. The summed E-state index contributed by atoms with van der Waals surface area (Å²) < 4.78 is 1.18. The average molecular weight is 218 g/mol. The van der Waals surface area contributed by atoms with E-state index >= 15 is 0 Å². The molecule has 0 saturated heterocycles. The molecule has 1 aromatic rings. The third kappa shape index (κ3) is 3.49. The molecule has 88 valence electrons. The van der Waals surface area contributed by atoms with Gasteiger partial charge < -0.3 is 4.48 Å². The molecular weight excluding hydrogens is 194 g/mol. The first-order valence-electron chi connectivity index (χ1n) is 6.33. The summed E-state index contributed by atoms with van der Waals surface area (Å²) in [6.07, 6.45) is 4.54. The predicted octanol–water partition coefficient (Wildman–Crippen LogP) is 3.58. The highest BCUT2D eigenvalue weighted by Crippen LogP contribution is 2.07. The van der Waals surface area contributed by atoms with Crippen LogP contribution in [0.15, 0.2) is 36.4 Å². The summed E-state index contributed by atoms with van der Waals surface area (Å²) in [7, 11) is 0. The van der Waals surface area contributed by atoms with Gasteiger partial charge in [-0.15, -0.1) is 0 Å². The molecule has 1 heteroatoms. The van der Waals surface area contributed by atoms with Gasteiger partial charge in [0.05, 0.1) is 26.2 Å². The molecule has 0 bridgehead atoms. The molecule has 0 aliphatic rings. The Kier molecular flexibility index (Phi) is 5.27. The van der Waals surface area contributed by atoms with E-state index in [1.54, 1.807) is 0 Å². The van der Waals surface area contributed by atoms with E-state index in [0.29, 0.717) is 0 Å². The van der Waals surface area contributed by atoms with Crippen LogP contribution >= 0.6 is 0 Å². The molecule has 1 nitrogen and oxygen atoms in total. The molecule has 0 fully saturated rings. The van der Waals surface area contributed by atoms with Crippen molar-refractivity contribution in [2.75, 3.05) is 26.2 Å². The van der Waals surface area contributed by atoms with Crippen LogP contribution in [0.1, 0.15) is 26.3 Å². The van der Waals surface area contributed by atoms with E-state index in [4.69, 9.17) is 0 Å². The molecule has 0 aromatic heterocycles. The molecule has 0 heterocycles. The zero-order valence-electron chi connectivity index (χ0n) is 10.8. The summed E-state index contributed by atoms with van der Waals surface area (Å²) in [5.74, 6) is 0. The molecule has 0 radical (unpaired) electrons. The van der Waals surface area contributed by atoms with Gasteiger partial charge in [0.2, 0.25) is 0 Å². The second kappa shape index (κ2) is 6.49. The Bertz CT molecular complexity index is 301. The third-order valence-corrected chi connectivity index (χ3v) is 3.62. The minimum atomic E-state index is 1.14. The number of likely N-dealkylation sites (N-methyl/N-ethyl adjacent to an activating group) is 1. The molecule has 0 aliphatic heterocycles. The molecule has 0 amide bonds. The number of rotatable bonds is 6. The number of hydrogen-bond acceptors (Lipinski definition) is 0. The Labute approximate surface area is 100.0 Å². The van der Waals surface area contributed by atoms with Crippen LogP contribution in [0.3, 0.4) is 0 Å². The highest BCUT2D eigenvalue weighted by molar-refractivity contribution is 5.48. The van der Waals surface area contributed by atoms with Gasteiger partial charge >= 0.3 is 0 Å². The number of hydrogen-bond donors (Lipinski definition) is 0. The van der Waals surface area contributed by atoms with Gasteiger partial charge in [0.25, 0.3) is 0 Å². The molecule has 0 aliphatic carbocycles. The fourth-order valence-electron chi connectivity index (χ4n) is 2.03. The normalized spacial score (nSPS) is 12.2. The number of benzene rings is 1. The van der Waals surface area contributed by atoms with Crippen molar-refractivity contribution in [2.45, 2.75) is 20.8 Å². The quantitative estimate of drug-likeness (QED) is 0.640. The Morgan fingerprint density at radius 1 is 0.938 bits per heavy atom. The minimum Gasteiger partial charge on any atom is -0.321 e. The predicted molar refractivity (Wildman–Crippen MR) is 72.2 cm³/mol. The van der Waals surface area contributed by atoms with Crippen LogP contribution in [0.25, 0.3) is 6.08 Å².